The molecule has 1 unspecified atom stereocenters. The van der Waals surface area contributed by atoms with Crippen molar-refractivity contribution in [3.05, 3.63) is 29.8 Å². The van der Waals surface area contributed by atoms with Crippen molar-refractivity contribution < 1.29 is 4.74 Å². The summed E-state index contributed by atoms with van der Waals surface area (Å²) in [7, 11) is 1.64. The molecule has 1 aromatic rings. The normalized spacial score (nSPS) is 12.2. The molecule has 86 valence electrons. The van der Waals surface area contributed by atoms with E-state index < -0.39 is 0 Å². The number of ether oxygens (including phenoxy) is 1. The zero-order valence-electron chi connectivity index (χ0n) is 10.1. The Balaban J connectivity index is 2.91. The van der Waals surface area contributed by atoms with E-state index >= 15 is 0 Å². The molecule has 0 aromatic heterocycles. The van der Waals surface area contributed by atoms with E-state index in [-0.39, 0.29) is 6.04 Å². The Morgan fingerprint density at radius 1 is 1.25 bits per heavy atom. The molecule has 16 heavy (non-hydrogen) atoms. The standard InChI is InChI=1S/C13H18N2O/c1-4-15(5-2)13(10-14)11-6-8-12(16-3)9-7-11/h6-9,13H,4-5H2,1-3H3. The van der Waals surface area contributed by atoms with Gasteiger partial charge in [0.05, 0.1) is 13.2 Å². The van der Waals surface area contributed by atoms with Crippen LogP contribution in [0.5, 0.6) is 5.75 Å². The van der Waals surface area contributed by atoms with E-state index in [0.717, 1.165) is 24.4 Å². The average Bonchev–Trinajstić information content (AvgIpc) is 2.36. The highest BCUT2D eigenvalue weighted by Gasteiger charge is 2.16. The topological polar surface area (TPSA) is 36.3 Å². The van der Waals surface area contributed by atoms with Crippen LogP contribution in [0.25, 0.3) is 0 Å². The Morgan fingerprint density at radius 2 is 1.81 bits per heavy atom. The monoisotopic (exact) mass is 218 g/mol. The van der Waals surface area contributed by atoms with Crippen LogP contribution in [-0.2, 0) is 0 Å². The summed E-state index contributed by atoms with van der Waals surface area (Å²) in [5, 5.41) is 9.22. The summed E-state index contributed by atoms with van der Waals surface area (Å²) in [4.78, 5) is 2.13. The van der Waals surface area contributed by atoms with E-state index in [1.807, 2.05) is 24.3 Å². The molecule has 3 nitrogen and oxygen atoms in total. The molecule has 1 atom stereocenters. The molecule has 0 bridgehead atoms. The lowest BCUT2D eigenvalue weighted by Gasteiger charge is -2.24. The minimum Gasteiger partial charge on any atom is -0.497 e. The van der Waals surface area contributed by atoms with Crippen molar-refractivity contribution in [2.75, 3.05) is 20.2 Å². The van der Waals surface area contributed by atoms with Gasteiger partial charge in [-0.3, -0.25) is 4.90 Å². The van der Waals surface area contributed by atoms with Gasteiger partial charge in [0.25, 0.3) is 0 Å². The first-order valence-electron chi connectivity index (χ1n) is 5.54. The van der Waals surface area contributed by atoms with Crippen LogP contribution in [0.1, 0.15) is 25.5 Å². The minimum absolute atomic E-state index is 0.166. The summed E-state index contributed by atoms with van der Waals surface area (Å²) in [6, 6.07) is 9.86. The van der Waals surface area contributed by atoms with Crippen LogP contribution < -0.4 is 4.74 Å². The molecule has 0 aliphatic heterocycles. The smallest absolute Gasteiger partial charge is 0.123 e. The van der Waals surface area contributed by atoms with E-state index in [2.05, 4.69) is 24.8 Å². The Hall–Kier alpha value is -1.53. The molecule has 1 aromatic carbocycles. The molecule has 0 heterocycles. The predicted molar refractivity (Wildman–Crippen MR) is 64.3 cm³/mol. The zero-order chi connectivity index (χ0) is 12.0. The number of nitrogens with zero attached hydrogens (tertiary/aromatic N) is 2. The van der Waals surface area contributed by atoms with Gasteiger partial charge in [0.15, 0.2) is 0 Å². The predicted octanol–water partition coefficient (Wildman–Crippen LogP) is 2.60. The van der Waals surface area contributed by atoms with Crippen molar-refractivity contribution >= 4 is 0 Å². The van der Waals surface area contributed by atoms with Crippen LogP contribution in [0.15, 0.2) is 24.3 Å². The van der Waals surface area contributed by atoms with Crippen LogP contribution in [-0.4, -0.2) is 25.1 Å². The second kappa shape index (κ2) is 6.14. The largest absolute Gasteiger partial charge is 0.497 e. The van der Waals surface area contributed by atoms with E-state index in [9.17, 15) is 5.26 Å². The van der Waals surface area contributed by atoms with Gasteiger partial charge in [0, 0.05) is 0 Å². The van der Waals surface area contributed by atoms with Crippen LogP contribution >= 0.6 is 0 Å². The molecule has 0 radical (unpaired) electrons. The molecule has 0 saturated carbocycles. The van der Waals surface area contributed by atoms with Gasteiger partial charge >= 0.3 is 0 Å². The molecule has 1 rings (SSSR count). The van der Waals surface area contributed by atoms with Gasteiger partial charge < -0.3 is 4.74 Å². The fourth-order valence-corrected chi connectivity index (χ4v) is 1.74. The van der Waals surface area contributed by atoms with Gasteiger partial charge in [-0.2, -0.15) is 5.26 Å². The fourth-order valence-electron chi connectivity index (χ4n) is 1.74. The number of hydrogen-bond donors (Lipinski definition) is 0. The van der Waals surface area contributed by atoms with E-state index in [1.165, 1.54) is 0 Å². The van der Waals surface area contributed by atoms with Gasteiger partial charge in [-0.25, -0.2) is 0 Å². The summed E-state index contributed by atoms with van der Waals surface area (Å²) in [5.74, 6) is 0.819. The third-order valence-electron chi connectivity index (χ3n) is 2.73. The van der Waals surface area contributed by atoms with Gasteiger partial charge in [0.1, 0.15) is 11.8 Å². The molecule has 0 aliphatic carbocycles. The first-order valence-corrected chi connectivity index (χ1v) is 5.54. The second-order valence-corrected chi connectivity index (χ2v) is 3.53. The van der Waals surface area contributed by atoms with Gasteiger partial charge in [-0.15, -0.1) is 0 Å². The quantitative estimate of drug-likeness (QED) is 0.762. The third kappa shape index (κ3) is 2.74. The Kier molecular flexibility index (Phi) is 4.81. The van der Waals surface area contributed by atoms with Gasteiger partial charge in [-0.1, -0.05) is 26.0 Å². The molecule has 0 saturated heterocycles. The van der Waals surface area contributed by atoms with Crippen molar-refractivity contribution in [2.24, 2.45) is 0 Å². The highest BCUT2D eigenvalue weighted by Crippen LogP contribution is 2.22. The highest BCUT2D eigenvalue weighted by atomic mass is 16.5. The second-order valence-electron chi connectivity index (χ2n) is 3.53. The molecule has 0 spiro atoms. The van der Waals surface area contributed by atoms with Crippen molar-refractivity contribution in [3.63, 3.8) is 0 Å². The number of benzene rings is 1. The Bertz CT molecular complexity index is 349. The highest BCUT2D eigenvalue weighted by molar-refractivity contribution is 5.31. The molecule has 3 heteroatoms. The zero-order valence-corrected chi connectivity index (χ0v) is 10.1. The van der Waals surface area contributed by atoms with Crippen molar-refractivity contribution in [1.29, 1.82) is 5.26 Å². The Morgan fingerprint density at radius 3 is 2.19 bits per heavy atom. The minimum atomic E-state index is -0.166. The third-order valence-corrected chi connectivity index (χ3v) is 2.73. The van der Waals surface area contributed by atoms with Crippen molar-refractivity contribution in [3.8, 4) is 11.8 Å². The van der Waals surface area contributed by atoms with Crippen molar-refractivity contribution in [1.82, 2.24) is 4.90 Å². The summed E-state index contributed by atoms with van der Waals surface area (Å²) < 4.78 is 5.10. The lowest BCUT2D eigenvalue weighted by molar-refractivity contribution is 0.262. The van der Waals surface area contributed by atoms with Crippen LogP contribution in [0.2, 0.25) is 0 Å². The lowest BCUT2D eigenvalue weighted by atomic mass is 10.1. The molecule has 0 aliphatic rings. The van der Waals surface area contributed by atoms with Gasteiger partial charge in [0.2, 0.25) is 0 Å². The van der Waals surface area contributed by atoms with Crippen LogP contribution in [0.3, 0.4) is 0 Å². The van der Waals surface area contributed by atoms with Crippen LogP contribution in [0.4, 0.5) is 0 Å². The van der Waals surface area contributed by atoms with E-state index in [1.54, 1.807) is 7.11 Å². The summed E-state index contributed by atoms with van der Waals surface area (Å²) in [6.45, 7) is 5.89. The molecule has 0 amide bonds. The molecular formula is C13H18N2O. The summed E-state index contributed by atoms with van der Waals surface area (Å²) in [6.07, 6.45) is 0. The average molecular weight is 218 g/mol. The van der Waals surface area contributed by atoms with Crippen molar-refractivity contribution in [2.45, 2.75) is 19.9 Å². The SMILES string of the molecule is CCN(CC)C(C#N)c1ccc(OC)cc1. The number of hydrogen-bond acceptors (Lipinski definition) is 3. The van der Waals surface area contributed by atoms with E-state index in [4.69, 9.17) is 4.74 Å². The molecule has 0 fully saturated rings. The van der Waals surface area contributed by atoms with E-state index in [0.29, 0.717) is 0 Å². The first-order chi connectivity index (χ1) is 7.76. The van der Waals surface area contributed by atoms with Gasteiger partial charge in [-0.05, 0) is 30.8 Å². The maximum absolute atomic E-state index is 9.22. The maximum Gasteiger partial charge on any atom is 0.123 e. The van der Waals surface area contributed by atoms with Crippen LogP contribution in [0, 0.1) is 11.3 Å². The first kappa shape index (κ1) is 12.5. The number of rotatable bonds is 5. The number of nitriles is 1. The summed E-state index contributed by atoms with van der Waals surface area (Å²) >= 11 is 0. The number of methoxy groups -OCH3 is 1. The maximum atomic E-state index is 9.22. The molecule has 0 N–H and O–H groups in total. The summed E-state index contributed by atoms with van der Waals surface area (Å²) in [5.41, 5.74) is 1.02. The lowest BCUT2D eigenvalue weighted by Crippen LogP contribution is -2.27. The Labute approximate surface area is 97.3 Å². The fraction of sp³-hybridized carbons (Fsp3) is 0.462. The molecular weight excluding hydrogens is 200 g/mol.